The van der Waals surface area contributed by atoms with Gasteiger partial charge in [0.1, 0.15) is 0 Å². The van der Waals surface area contributed by atoms with Crippen molar-refractivity contribution < 1.29 is 13.2 Å². The molecule has 0 aromatic rings. The fourth-order valence-corrected chi connectivity index (χ4v) is 2.34. The average Bonchev–Trinajstić information content (AvgIpc) is 2.12. The van der Waals surface area contributed by atoms with Crippen molar-refractivity contribution in [3.8, 4) is 0 Å². The molecule has 1 unspecified atom stereocenters. The lowest BCUT2D eigenvalue weighted by molar-refractivity contribution is 0.215. The largest absolute Gasteiger partial charge is 0.388 e. The molecule has 0 aliphatic heterocycles. The van der Waals surface area contributed by atoms with Crippen LogP contribution in [-0.2, 0) is 14.8 Å². The Bertz CT molecular complexity index is 302. The van der Waals surface area contributed by atoms with Gasteiger partial charge in [-0.2, -0.15) is 0 Å². The highest BCUT2D eigenvalue weighted by atomic mass is 32.2. The molecule has 90 valence electrons. The van der Waals surface area contributed by atoms with Gasteiger partial charge in [-0.15, -0.1) is 0 Å². The number of sulfonamides is 1. The minimum atomic E-state index is -3.31. The third kappa shape index (κ3) is 5.10. The predicted octanol–water partition coefficient (Wildman–Crippen LogP) is -0.391. The molecule has 0 heterocycles. The predicted molar refractivity (Wildman–Crippen MR) is 59.4 cm³/mol. The van der Waals surface area contributed by atoms with Crippen molar-refractivity contribution >= 4 is 15.9 Å². The van der Waals surface area contributed by atoms with Crippen LogP contribution < -0.4 is 5.73 Å². The summed E-state index contributed by atoms with van der Waals surface area (Å²) in [6.07, 6.45) is 0.239. The summed E-state index contributed by atoms with van der Waals surface area (Å²) in [5, 5.41) is 7.09. The zero-order chi connectivity index (χ0) is 12.1. The molecule has 0 spiro atoms. The van der Waals surface area contributed by atoms with Gasteiger partial charge in [0.2, 0.25) is 10.0 Å². The second-order valence-electron chi connectivity index (χ2n) is 3.40. The summed E-state index contributed by atoms with van der Waals surface area (Å²) in [6, 6.07) is -0.302. The lowest BCUT2D eigenvalue weighted by Gasteiger charge is -2.23. The lowest BCUT2D eigenvalue weighted by atomic mass is 10.2. The number of ether oxygens (including phenoxy) is 1. The molecule has 15 heavy (non-hydrogen) atoms. The molecule has 0 aromatic heterocycles. The number of hydrogen-bond acceptors (Lipinski definition) is 4. The van der Waals surface area contributed by atoms with Crippen molar-refractivity contribution in [1.82, 2.24) is 4.31 Å². The van der Waals surface area contributed by atoms with Crippen molar-refractivity contribution in [2.45, 2.75) is 19.4 Å². The van der Waals surface area contributed by atoms with Gasteiger partial charge in [0.25, 0.3) is 0 Å². The number of nitrogens with two attached hydrogens (primary N) is 1. The number of hydrogen-bond donors (Lipinski definition) is 2. The Morgan fingerprint density at radius 3 is 2.53 bits per heavy atom. The normalized spacial score (nSPS) is 14.1. The maximum Gasteiger partial charge on any atom is 0.216 e. The second kappa shape index (κ2) is 6.04. The molecule has 0 aromatic carbocycles. The van der Waals surface area contributed by atoms with E-state index in [1.165, 1.54) is 18.5 Å². The van der Waals surface area contributed by atoms with Crippen LogP contribution in [0.1, 0.15) is 13.3 Å². The Kier molecular flexibility index (Phi) is 5.77. The fraction of sp³-hybridized carbons (Fsp3) is 0.875. The minimum absolute atomic E-state index is 0.0173. The minimum Gasteiger partial charge on any atom is -0.388 e. The standard InChI is InChI=1S/C8H19N3O3S/c1-7(6-8(9)10)11(2)15(12,13)5-4-14-3/h7H,4-6H2,1-3H3,(H3,9,10). The first-order valence-corrected chi connectivity index (χ1v) is 6.19. The van der Waals surface area contributed by atoms with Crippen LogP contribution in [0, 0.1) is 5.41 Å². The Labute approximate surface area is 91.0 Å². The SMILES string of the molecule is COCCS(=O)(=O)N(C)C(C)CC(=N)N. The number of nitrogens with zero attached hydrogens (tertiary/aromatic N) is 1. The molecule has 0 aliphatic carbocycles. The first-order chi connectivity index (χ1) is 6.81. The quantitative estimate of drug-likeness (QED) is 0.465. The molecule has 6 nitrogen and oxygen atoms in total. The van der Waals surface area contributed by atoms with Crippen LogP contribution in [-0.4, -0.2) is 51.1 Å². The summed E-state index contributed by atoms with van der Waals surface area (Å²) < 4.78 is 29.2. The summed E-state index contributed by atoms with van der Waals surface area (Å²) in [5.41, 5.74) is 5.21. The van der Waals surface area contributed by atoms with E-state index in [1.807, 2.05) is 0 Å². The van der Waals surface area contributed by atoms with Crippen LogP contribution >= 0.6 is 0 Å². The van der Waals surface area contributed by atoms with Crippen molar-refractivity contribution in [2.24, 2.45) is 5.73 Å². The van der Waals surface area contributed by atoms with E-state index in [-0.39, 0.29) is 30.7 Å². The van der Waals surface area contributed by atoms with Gasteiger partial charge >= 0.3 is 0 Å². The van der Waals surface area contributed by atoms with Gasteiger partial charge < -0.3 is 10.5 Å². The van der Waals surface area contributed by atoms with Crippen LogP contribution in [0.5, 0.6) is 0 Å². The van der Waals surface area contributed by atoms with E-state index in [2.05, 4.69) is 0 Å². The molecule has 0 amide bonds. The smallest absolute Gasteiger partial charge is 0.216 e. The van der Waals surface area contributed by atoms with Gasteiger partial charge in [0, 0.05) is 26.6 Å². The van der Waals surface area contributed by atoms with E-state index in [4.69, 9.17) is 15.9 Å². The zero-order valence-electron chi connectivity index (χ0n) is 9.36. The Morgan fingerprint density at radius 2 is 2.13 bits per heavy atom. The highest BCUT2D eigenvalue weighted by molar-refractivity contribution is 7.89. The Balaban J connectivity index is 4.40. The molecule has 0 radical (unpaired) electrons. The van der Waals surface area contributed by atoms with E-state index >= 15 is 0 Å². The van der Waals surface area contributed by atoms with E-state index in [0.29, 0.717) is 0 Å². The average molecular weight is 237 g/mol. The van der Waals surface area contributed by atoms with E-state index < -0.39 is 10.0 Å². The van der Waals surface area contributed by atoms with E-state index in [1.54, 1.807) is 6.92 Å². The number of amidine groups is 1. The Morgan fingerprint density at radius 1 is 1.60 bits per heavy atom. The summed E-state index contributed by atoms with van der Waals surface area (Å²) in [5.74, 6) is -0.0707. The van der Waals surface area contributed by atoms with Gasteiger partial charge in [-0.3, -0.25) is 5.41 Å². The van der Waals surface area contributed by atoms with Crippen molar-refractivity contribution in [2.75, 3.05) is 26.5 Å². The lowest BCUT2D eigenvalue weighted by Crippen LogP contribution is -2.39. The maximum atomic E-state index is 11.6. The number of rotatable bonds is 7. The summed E-state index contributed by atoms with van der Waals surface area (Å²) in [7, 11) is -0.374. The van der Waals surface area contributed by atoms with Crippen molar-refractivity contribution in [1.29, 1.82) is 5.41 Å². The van der Waals surface area contributed by atoms with Gasteiger partial charge in [-0.1, -0.05) is 0 Å². The highest BCUT2D eigenvalue weighted by Gasteiger charge is 2.23. The molecular formula is C8H19N3O3S. The molecule has 7 heteroatoms. The maximum absolute atomic E-state index is 11.6. The van der Waals surface area contributed by atoms with Crippen LogP contribution in [0.25, 0.3) is 0 Å². The van der Waals surface area contributed by atoms with Crippen LogP contribution in [0.4, 0.5) is 0 Å². The Hall–Kier alpha value is -0.660. The molecular weight excluding hydrogens is 218 g/mol. The molecule has 0 rings (SSSR count). The van der Waals surface area contributed by atoms with Gasteiger partial charge in [-0.05, 0) is 6.92 Å². The van der Waals surface area contributed by atoms with E-state index in [9.17, 15) is 8.42 Å². The van der Waals surface area contributed by atoms with Crippen LogP contribution in [0.15, 0.2) is 0 Å². The third-order valence-electron chi connectivity index (χ3n) is 2.12. The topological polar surface area (TPSA) is 96.5 Å². The third-order valence-corrected chi connectivity index (χ3v) is 4.04. The van der Waals surface area contributed by atoms with E-state index in [0.717, 1.165) is 0 Å². The number of nitrogens with one attached hydrogen (secondary N) is 1. The van der Waals surface area contributed by atoms with Crippen molar-refractivity contribution in [3.05, 3.63) is 0 Å². The van der Waals surface area contributed by atoms with Crippen molar-refractivity contribution in [3.63, 3.8) is 0 Å². The zero-order valence-corrected chi connectivity index (χ0v) is 10.2. The molecule has 0 saturated heterocycles. The van der Waals surface area contributed by atoms with Crippen LogP contribution in [0.3, 0.4) is 0 Å². The van der Waals surface area contributed by atoms with Gasteiger partial charge in [0.15, 0.2) is 0 Å². The fourth-order valence-electron chi connectivity index (χ4n) is 1.05. The first-order valence-electron chi connectivity index (χ1n) is 4.58. The molecule has 0 aliphatic rings. The summed E-state index contributed by atoms with van der Waals surface area (Å²) in [6.45, 7) is 1.88. The molecule has 1 atom stereocenters. The monoisotopic (exact) mass is 237 g/mol. The van der Waals surface area contributed by atoms with Crippen LogP contribution in [0.2, 0.25) is 0 Å². The highest BCUT2D eigenvalue weighted by Crippen LogP contribution is 2.07. The van der Waals surface area contributed by atoms with Gasteiger partial charge in [-0.25, -0.2) is 12.7 Å². The van der Waals surface area contributed by atoms with Gasteiger partial charge in [0.05, 0.1) is 18.2 Å². The molecule has 0 saturated carbocycles. The molecule has 0 fully saturated rings. The summed E-state index contributed by atoms with van der Waals surface area (Å²) in [4.78, 5) is 0. The molecule has 0 bridgehead atoms. The summed E-state index contributed by atoms with van der Waals surface area (Å²) >= 11 is 0. The molecule has 3 N–H and O–H groups in total. The first kappa shape index (κ1) is 14.3. The second-order valence-corrected chi connectivity index (χ2v) is 5.55. The number of methoxy groups -OCH3 is 1.